The van der Waals surface area contributed by atoms with Crippen molar-refractivity contribution in [2.45, 2.75) is 26.2 Å². The predicted octanol–water partition coefficient (Wildman–Crippen LogP) is 4.18. The first-order valence-electron chi connectivity index (χ1n) is 9.27. The summed E-state index contributed by atoms with van der Waals surface area (Å²) in [7, 11) is 0. The van der Waals surface area contributed by atoms with E-state index in [1.165, 1.54) is 4.68 Å². The molecule has 0 radical (unpaired) electrons. The van der Waals surface area contributed by atoms with Crippen molar-refractivity contribution in [3.8, 4) is 5.75 Å². The molecule has 156 valence electrons. The van der Waals surface area contributed by atoms with E-state index in [0.29, 0.717) is 26.9 Å². The van der Waals surface area contributed by atoms with Gasteiger partial charge in [-0.3, -0.25) is 9.59 Å². The number of carbonyl (C=O) groups is 1. The maximum atomic E-state index is 13.1. The van der Waals surface area contributed by atoms with Crippen LogP contribution in [0.5, 0.6) is 5.75 Å². The van der Waals surface area contributed by atoms with Crippen LogP contribution in [0, 0.1) is 0 Å². The van der Waals surface area contributed by atoms with Crippen LogP contribution in [0.25, 0.3) is 10.9 Å². The number of rotatable bonds is 7. The van der Waals surface area contributed by atoms with Crippen LogP contribution in [0.1, 0.15) is 37.6 Å². The lowest BCUT2D eigenvalue weighted by molar-refractivity contribution is -0.119. The average molecular weight is 536 g/mol. The largest absolute Gasteiger partial charge is 0.483 e. The standard InChI is InChI=1S/C21H20Br2N4O3/c1-3-12(2)20-26-17-6-5-14(22)9-15(17)21(29)27(20)25-10-13-4-7-18(16(23)8-13)30-11-19(24)28/h4-10,12H,3,11H2,1-2H3,(H2,24,28)/t12-/m0/s1. The fourth-order valence-electron chi connectivity index (χ4n) is 2.77. The molecule has 0 aliphatic carbocycles. The number of nitrogens with zero attached hydrogens (tertiary/aromatic N) is 3. The molecule has 2 N–H and O–H groups in total. The Morgan fingerprint density at radius 2 is 2.07 bits per heavy atom. The van der Waals surface area contributed by atoms with Gasteiger partial charge in [-0.1, -0.05) is 29.8 Å². The van der Waals surface area contributed by atoms with E-state index in [9.17, 15) is 9.59 Å². The summed E-state index contributed by atoms with van der Waals surface area (Å²) in [6, 6.07) is 10.7. The summed E-state index contributed by atoms with van der Waals surface area (Å²) in [4.78, 5) is 28.7. The Balaban J connectivity index is 2.02. The molecule has 0 saturated heterocycles. The third-order valence-corrected chi connectivity index (χ3v) is 5.65. The molecule has 0 aliphatic rings. The number of nitrogens with two attached hydrogens (primary N) is 1. The third-order valence-electron chi connectivity index (χ3n) is 4.53. The first-order valence-corrected chi connectivity index (χ1v) is 10.9. The van der Waals surface area contributed by atoms with Crippen LogP contribution in [0.3, 0.4) is 0 Å². The number of amides is 1. The second-order valence-corrected chi connectivity index (χ2v) is 8.52. The van der Waals surface area contributed by atoms with Crippen molar-refractivity contribution in [1.82, 2.24) is 9.66 Å². The van der Waals surface area contributed by atoms with Crippen molar-refractivity contribution in [3.05, 3.63) is 67.1 Å². The van der Waals surface area contributed by atoms with Crippen molar-refractivity contribution in [2.75, 3.05) is 6.61 Å². The van der Waals surface area contributed by atoms with Crippen LogP contribution in [0.2, 0.25) is 0 Å². The summed E-state index contributed by atoms with van der Waals surface area (Å²) < 4.78 is 8.12. The summed E-state index contributed by atoms with van der Waals surface area (Å²) >= 11 is 6.81. The van der Waals surface area contributed by atoms with Crippen LogP contribution in [0.15, 0.2) is 55.2 Å². The van der Waals surface area contributed by atoms with E-state index in [4.69, 9.17) is 10.5 Å². The van der Waals surface area contributed by atoms with Gasteiger partial charge in [0, 0.05) is 10.4 Å². The SMILES string of the molecule is CC[C@H](C)c1nc2ccc(Br)cc2c(=O)n1N=Cc1ccc(OCC(N)=O)c(Br)c1. The van der Waals surface area contributed by atoms with E-state index < -0.39 is 5.91 Å². The van der Waals surface area contributed by atoms with E-state index in [2.05, 4.69) is 41.9 Å². The molecule has 0 bridgehead atoms. The van der Waals surface area contributed by atoms with E-state index in [1.54, 1.807) is 30.5 Å². The number of ether oxygens (including phenoxy) is 1. The lowest BCUT2D eigenvalue weighted by atomic mass is 10.1. The maximum Gasteiger partial charge on any atom is 0.282 e. The minimum atomic E-state index is -0.556. The number of primary amides is 1. The van der Waals surface area contributed by atoms with Gasteiger partial charge in [-0.25, -0.2) is 4.98 Å². The molecule has 0 aliphatic heterocycles. The Morgan fingerprint density at radius 3 is 2.73 bits per heavy atom. The Hall–Kier alpha value is -2.52. The number of aromatic nitrogens is 2. The van der Waals surface area contributed by atoms with Crippen molar-refractivity contribution < 1.29 is 9.53 Å². The van der Waals surface area contributed by atoms with Crippen LogP contribution >= 0.6 is 31.9 Å². The molecule has 1 heterocycles. The van der Waals surface area contributed by atoms with Gasteiger partial charge in [0.05, 0.1) is 21.6 Å². The average Bonchev–Trinajstić information content (AvgIpc) is 2.72. The highest BCUT2D eigenvalue weighted by molar-refractivity contribution is 9.10. The van der Waals surface area contributed by atoms with E-state index in [-0.39, 0.29) is 18.1 Å². The number of fused-ring (bicyclic) bond motifs is 1. The van der Waals surface area contributed by atoms with Crippen molar-refractivity contribution in [3.63, 3.8) is 0 Å². The number of benzene rings is 2. The molecule has 3 rings (SSSR count). The monoisotopic (exact) mass is 534 g/mol. The molecular weight excluding hydrogens is 516 g/mol. The number of carbonyl (C=O) groups excluding carboxylic acids is 1. The van der Waals surface area contributed by atoms with Crippen LogP contribution in [0.4, 0.5) is 0 Å². The molecule has 3 aromatic rings. The Morgan fingerprint density at radius 1 is 1.30 bits per heavy atom. The zero-order valence-corrected chi connectivity index (χ0v) is 19.6. The lowest BCUT2D eigenvalue weighted by Crippen LogP contribution is -2.23. The molecule has 0 fully saturated rings. The minimum absolute atomic E-state index is 0.0548. The molecule has 0 saturated carbocycles. The van der Waals surface area contributed by atoms with Crippen molar-refractivity contribution >= 4 is 54.9 Å². The maximum absolute atomic E-state index is 13.1. The van der Waals surface area contributed by atoms with E-state index in [1.807, 2.05) is 26.0 Å². The molecule has 9 heteroatoms. The molecular formula is C21H20Br2N4O3. The van der Waals surface area contributed by atoms with Gasteiger partial charge in [-0.2, -0.15) is 9.78 Å². The minimum Gasteiger partial charge on any atom is -0.483 e. The highest BCUT2D eigenvalue weighted by Crippen LogP contribution is 2.26. The zero-order valence-electron chi connectivity index (χ0n) is 16.4. The summed E-state index contributed by atoms with van der Waals surface area (Å²) in [6.07, 6.45) is 2.41. The van der Waals surface area contributed by atoms with Gasteiger partial charge < -0.3 is 10.5 Å². The molecule has 30 heavy (non-hydrogen) atoms. The predicted molar refractivity (Wildman–Crippen MR) is 124 cm³/mol. The first-order chi connectivity index (χ1) is 14.3. The Labute approximate surface area is 190 Å². The molecule has 2 aromatic carbocycles. The number of halogens is 2. The normalized spacial score (nSPS) is 12.4. The Bertz CT molecular complexity index is 1190. The highest BCUT2D eigenvalue weighted by Gasteiger charge is 2.15. The highest BCUT2D eigenvalue weighted by atomic mass is 79.9. The molecule has 0 spiro atoms. The second-order valence-electron chi connectivity index (χ2n) is 6.75. The fraction of sp³-hybridized carbons (Fsp3) is 0.238. The smallest absolute Gasteiger partial charge is 0.282 e. The lowest BCUT2D eigenvalue weighted by Gasteiger charge is -2.14. The van der Waals surface area contributed by atoms with Crippen molar-refractivity contribution in [2.24, 2.45) is 10.8 Å². The van der Waals surface area contributed by atoms with Gasteiger partial charge in [-0.05, 0) is 64.3 Å². The van der Waals surface area contributed by atoms with E-state index >= 15 is 0 Å². The summed E-state index contributed by atoms with van der Waals surface area (Å²) in [5.74, 6) is 0.592. The quantitative estimate of drug-likeness (QED) is 0.458. The summed E-state index contributed by atoms with van der Waals surface area (Å²) in [5.41, 5.74) is 6.26. The van der Waals surface area contributed by atoms with Gasteiger partial charge in [0.1, 0.15) is 11.6 Å². The Kier molecular flexibility index (Phi) is 7.04. The number of hydrogen-bond donors (Lipinski definition) is 1. The van der Waals surface area contributed by atoms with Crippen LogP contribution in [-0.4, -0.2) is 28.4 Å². The summed E-state index contributed by atoms with van der Waals surface area (Å²) in [5, 5.41) is 4.93. The topological polar surface area (TPSA) is 99.6 Å². The van der Waals surface area contributed by atoms with Gasteiger partial charge in [0.25, 0.3) is 11.5 Å². The molecule has 1 amide bonds. The molecule has 7 nitrogen and oxygen atoms in total. The van der Waals surface area contributed by atoms with Gasteiger partial charge in [0.2, 0.25) is 0 Å². The molecule has 1 atom stereocenters. The van der Waals surface area contributed by atoms with Gasteiger partial charge in [0.15, 0.2) is 6.61 Å². The van der Waals surface area contributed by atoms with Crippen molar-refractivity contribution in [1.29, 1.82) is 0 Å². The number of hydrogen-bond acceptors (Lipinski definition) is 5. The van der Waals surface area contributed by atoms with E-state index in [0.717, 1.165) is 16.5 Å². The summed E-state index contributed by atoms with van der Waals surface area (Å²) in [6.45, 7) is 3.84. The first kappa shape index (κ1) is 22.2. The van der Waals surface area contributed by atoms with Gasteiger partial charge >= 0.3 is 0 Å². The fourth-order valence-corrected chi connectivity index (χ4v) is 3.64. The molecule has 1 aromatic heterocycles. The third kappa shape index (κ3) is 4.96. The van der Waals surface area contributed by atoms with Crippen LogP contribution in [-0.2, 0) is 4.79 Å². The van der Waals surface area contributed by atoms with Crippen LogP contribution < -0.4 is 16.0 Å². The zero-order chi connectivity index (χ0) is 21.8. The molecule has 0 unspecified atom stereocenters. The second kappa shape index (κ2) is 9.53. The van der Waals surface area contributed by atoms with Gasteiger partial charge in [-0.15, -0.1) is 0 Å².